The Labute approximate surface area is 109 Å². The molecule has 0 aliphatic rings. The van der Waals surface area contributed by atoms with Gasteiger partial charge in [-0.2, -0.15) is 0 Å². The van der Waals surface area contributed by atoms with Crippen LogP contribution < -0.4 is 10.1 Å². The molecule has 0 aliphatic heterocycles. The van der Waals surface area contributed by atoms with E-state index in [-0.39, 0.29) is 4.90 Å². The first-order valence-electron chi connectivity index (χ1n) is 5.87. The maximum atomic E-state index is 12.0. The predicted molar refractivity (Wildman–Crippen MR) is 72.6 cm³/mol. The molecular weight excluding hydrogens is 250 g/mol. The minimum atomic E-state index is -3.48. The van der Waals surface area contributed by atoms with Crippen LogP contribution in [0.4, 0.5) is 0 Å². The first-order chi connectivity index (χ1) is 8.36. The number of hydrogen-bond acceptors (Lipinski definition) is 4. The highest BCUT2D eigenvalue weighted by Gasteiger charge is 2.15. The van der Waals surface area contributed by atoms with E-state index in [2.05, 4.69) is 10.1 Å². The Morgan fingerprint density at radius 3 is 2.50 bits per heavy atom. The van der Waals surface area contributed by atoms with Crippen molar-refractivity contribution in [2.45, 2.75) is 25.3 Å². The van der Waals surface area contributed by atoms with Crippen LogP contribution >= 0.6 is 0 Å². The summed E-state index contributed by atoms with van der Waals surface area (Å²) in [5.41, 5.74) is 2.08. The minimum Gasteiger partial charge on any atom is -0.313 e. The van der Waals surface area contributed by atoms with Crippen molar-refractivity contribution >= 4 is 10.0 Å². The smallest absolute Gasteiger partial charge is 0.253 e. The predicted octanol–water partition coefficient (Wildman–Crippen LogP) is 0.859. The molecule has 102 valence electrons. The lowest BCUT2D eigenvalue weighted by Gasteiger charge is -2.14. The van der Waals surface area contributed by atoms with Crippen LogP contribution in [0.15, 0.2) is 23.1 Å². The van der Waals surface area contributed by atoms with Crippen molar-refractivity contribution in [3.63, 3.8) is 0 Å². The van der Waals surface area contributed by atoms with Gasteiger partial charge in [-0.1, -0.05) is 13.0 Å². The van der Waals surface area contributed by atoms with Gasteiger partial charge in [0, 0.05) is 20.6 Å². The van der Waals surface area contributed by atoms with Gasteiger partial charge in [0.05, 0.1) is 4.90 Å². The molecule has 5 nitrogen and oxygen atoms in total. The van der Waals surface area contributed by atoms with Gasteiger partial charge in [0.2, 0.25) is 0 Å². The van der Waals surface area contributed by atoms with Crippen LogP contribution in [0, 0.1) is 6.92 Å². The zero-order chi connectivity index (χ0) is 13.8. The van der Waals surface area contributed by atoms with E-state index in [4.69, 9.17) is 0 Å². The van der Waals surface area contributed by atoms with Gasteiger partial charge in [-0.3, -0.25) is 0 Å². The van der Waals surface area contributed by atoms with E-state index in [1.54, 1.807) is 26.2 Å². The molecular formula is C12H21N3O2S. The number of sulfonamides is 1. The van der Waals surface area contributed by atoms with Crippen molar-refractivity contribution in [1.82, 2.24) is 15.2 Å². The highest BCUT2D eigenvalue weighted by atomic mass is 32.2. The number of benzene rings is 1. The largest absolute Gasteiger partial charge is 0.313 e. The molecule has 0 saturated carbocycles. The summed E-state index contributed by atoms with van der Waals surface area (Å²) < 4.78 is 24.0. The fourth-order valence-corrected chi connectivity index (χ4v) is 2.69. The third-order valence-electron chi connectivity index (χ3n) is 2.50. The van der Waals surface area contributed by atoms with Gasteiger partial charge in [-0.25, -0.2) is 13.4 Å². The monoisotopic (exact) mass is 271 g/mol. The van der Waals surface area contributed by atoms with Crippen molar-refractivity contribution < 1.29 is 8.42 Å². The summed E-state index contributed by atoms with van der Waals surface area (Å²) in [5, 5.41) is 4.62. The van der Waals surface area contributed by atoms with Gasteiger partial charge in [-0.05, 0) is 36.7 Å². The van der Waals surface area contributed by atoms with E-state index in [1.807, 2.05) is 19.9 Å². The standard InChI is InChI=1S/C12H21N3O2S/c1-5-13-9-11-8-12(7-6-10(11)2)18(16,17)14-15(3)4/h6-8,13-14H,5,9H2,1-4H3. The Morgan fingerprint density at radius 1 is 1.28 bits per heavy atom. The second-order valence-electron chi connectivity index (χ2n) is 4.36. The quantitative estimate of drug-likeness (QED) is 0.753. The van der Waals surface area contributed by atoms with E-state index < -0.39 is 10.0 Å². The maximum absolute atomic E-state index is 12.0. The number of hydrazine groups is 1. The van der Waals surface area contributed by atoms with E-state index in [1.165, 1.54) is 5.01 Å². The summed E-state index contributed by atoms with van der Waals surface area (Å²) >= 11 is 0. The highest BCUT2D eigenvalue weighted by Crippen LogP contribution is 2.15. The van der Waals surface area contributed by atoms with Crippen LogP contribution in [-0.4, -0.2) is 34.1 Å². The van der Waals surface area contributed by atoms with Crippen molar-refractivity contribution in [1.29, 1.82) is 0 Å². The number of rotatable bonds is 6. The number of aryl methyl sites for hydroxylation is 1. The van der Waals surface area contributed by atoms with E-state index in [0.717, 1.165) is 17.7 Å². The second kappa shape index (κ2) is 6.29. The molecule has 6 heteroatoms. The van der Waals surface area contributed by atoms with Crippen molar-refractivity contribution in [2.75, 3.05) is 20.6 Å². The lowest BCUT2D eigenvalue weighted by atomic mass is 10.1. The van der Waals surface area contributed by atoms with E-state index in [0.29, 0.717) is 6.54 Å². The Bertz CT molecular complexity index is 498. The molecule has 0 heterocycles. The van der Waals surface area contributed by atoms with Gasteiger partial charge in [0.15, 0.2) is 0 Å². The van der Waals surface area contributed by atoms with Crippen LogP contribution in [-0.2, 0) is 16.6 Å². The van der Waals surface area contributed by atoms with Crippen molar-refractivity contribution in [3.8, 4) is 0 Å². The average molecular weight is 271 g/mol. The molecule has 0 unspecified atom stereocenters. The molecule has 0 aromatic heterocycles. The molecule has 1 rings (SSSR count). The van der Waals surface area contributed by atoms with Crippen LogP contribution in [0.1, 0.15) is 18.1 Å². The molecule has 1 aromatic carbocycles. The van der Waals surface area contributed by atoms with Crippen LogP contribution in [0.2, 0.25) is 0 Å². The van der Waals surface area contributed by atoms with Crippen LogP contribution in [0.5, 0.6) is 0 Å². The Balaban J connectivity index is 3.04. The highest BCUT2D eigenvalue weighted by molar-refractivity contribution is 7.89. The van der Waals surface area contributed by atoms with Crippen molar-refractivity contribution in [3.05, 3.63) is 29.3 Å². The summed E-state index contributed by atoms with van der Waals surface area (Å²) in [6.07, 6.45) is 0. The number of nitrogens with zero attached hydrogens (tertiary/aromatic N) is 1. The van der Waals surface area contributed by atoms with Gasteiger partial charge in [0.25, 0.3) is 10.0 Å². The topological polar surface area (TPSA) is 61.4 Å². The van der Waals surface area contributed by atoms with E-state index >= 15 is 0 Å². The summed E-state index contributed by atoms with van der Waals surface area (Å²) in [7, 11) is -0.187. The van der Waals surface area contributed by atoms with Crippen LogP contribution in [0.3, 0.4) is 0 Å². The van der Waals surface area contributed by atoms with Crippen LogP contribution in [0.25, 0.3) is 0 Å². The Hall–Kier alpha value is -0.950. The SMILES string of the molecule is CCNCc1cc(S(=O)(=O)NN(C)C)ccc1C. The molecule has 2 N–H and O–H groups in total. The zero-order valence-electron chi connectivity index (χ0n) is 11.3. The summed E-state index contributed by atoms with van der Waals surface area (Å²) in [6.45, 7) is 5.52. The molecule has 0 fully saturated rings. The van der Waals surface area contributed by atoms with Gasteiger partial charge >= 0.3 is 0 Å². The fourth-order valence-electron chi connectivity index (χ4n) is 1.56. The van der Waals surface area contributed by atoms with Crippen molar-refractivity contribution in [2.24, 2.45) is 0 Å². The molecule has 0 radical (unpaired) electrons. The third kappa shape index (κ3) is 4.06. The summed E-state index contributed by atoms with van der Waals surface area (Å²) in [5.74, 6) is 0. The average Bonchev–Trinajstić information content (AvgIpc) is 2.26. The Kier molecular flexibility index (Phi) is 5.28. The number of nitrogens with one attached hydrogen (secondary N) is 2. The third-order valence-corrected chi connectivity index (χ3v) is 3.98. The molecule has 0 amide bonds. The maximum Gasteiger partial charge on any atom is 0.253 e. The molecule has 0 saturated heterocycles. The molecule has 0 spiro atoms. The summed E-state index contributed by atoms with van der Waals surface area (Å²) in [4.78, 5) is 2.71. The summed E-state index contributed by atoms with van der Waals surface area (Å²) in [6, 6.07) is 5.16. The minimum absolute atomic E-state index is 0.287. The second-order valence-corrected chi connectivity index (χ2v) is 6.02. The molecule has 0 aliphatic carbocycles. The van der Waals surface area contributed by atoms with Gasteiger partial charge < -0.3 is 5.32 Å². The fraction of sp³-hybridized carbons (Fsp3) is 0.500. The van der Waals surface area contributed by atoms with Gasteiger partial charge in [-0.15, -0.1) is 4.83 Å². The number of hydrogen-bond donors (Lipinski definition) is 2. The molecule has 0 atom stereocenters. The van der Waals surface area contributed by atoms with Gasteiger partial charge in [0.1, 0.15) is 0 Å². The molecule has 1 aromatic rings. The zero-order valence-corrected chi connectivity index (χ0v) is 12.1. The lowest BCUT2D eigenvalue weighted by Crippen LogP contribution is -2.36. The molecule has 0 bridgehead atoms. The lowest BCUT2D eigenvalue weighted by molar-refractivity contribution is 0.364. The first-order valence-corrected chi connectivity index (χ1v) is 7.35. The first kappa shape index (κ1) is 15.1. The molecule has 18 heavy (non-hydrogen) atoms. The van der Waals surface area contributed by atoms with E-state index in [9.17, 15) is 8.42 Å². The Morgan fingerprint density at radius 2 is 1.94 bits per heavy atom. The normalized spacial score (nSPS) is 12.1.